The highest BCUT2D eigenvalue weighted by Gasteiger charge is 1.98. The number of benzene rings is 1. The lowest BCUT2D eigenvalue weighted by molar-refractivity contribution is 0.289. The van der Waals surface area contributed by atoms with E-state index in [1.165, 1.54) is 5.56 Å². The molecule has 2 heteroatoms. The molecule has 0 fully saturated rings. The molecule has 0 aliphatic carbocycles. The first-order valence-electron chi connectivity index (χ1n) is 7.00. The van der Waals surface area contributed by atoms with Crippen LogP contribution in [0.4, 0.5) is 0 Å². The zero-order chi connectivity index (χ0) is 13.4. The van der Waals surface area contributed by atoms with Crippen molar-refractivity contribution in [3.05, 3.63) is 29.8 Å². The number of hydrogen-bond donors (Lipinski definition) is 1. The standard InChI is InChI=1S/C16H27NO/c1-13(2)9-10-18-16-7-5-15(6-8-16)12-17-11-14(3)4/h5-8,13-14,17H,9-12H2,1-4H3. The van der Waals surface area contributed by atoms with Crippen molar-refractivity contribution in [1.29, 1.82) is 0 Å². The Labute approximate surface area is 112 Å². The monoisotopic (exact) mass is 249 g/mol. The van der Waals surface area contributed by atoms with Crippen molar-refractivity contribution in [2.75, 3.05) is 13.2 Å². The molecule has 0 amide bonds. The molecule has 0 atom stereocenters. The molecule has 18 heavy (non-hydrogen) atoms. The summed E-state index contributed by atoms with van der Waals surface area (Å²) in [6.07, 6.45) is 1.11. The molecule has 0 aromatic heterocycles. The predicted molar refractivity (Wildman–Crippen MR) is 77.9 cm³/mol. The summed E-state index contributed by atoms with van der Waals surface area (Å²) in [6, 6.07) is 8.40. The first-order valence-corrected chi connectivity index (χ1v) is 7.00. The first kappa shape index (κ1) is 15.0. The van der Waals surface area contributed by atoms with Gasteiger partial charge in [-0.25, -0.2) is 0 Å². The smallest absolute Gasteiger partial charge is 0.119 e. The minimum atomic E-state index is 0.698. The van der Waals surface area contributed by atoms with Gasteiger partial charge in [0.25, 0.3) is 0 Å². The number of hydrogen-bond acceptors (Lipinski definition) is 2. The van der Waals surface area contributed by atoms with Crippen LogP contribution < -0.4 is 10.1 Å². The molecule has 102 valence electrons. The van der Waals surface area contributed by atoms with Crippen LogP contribution >= 0.6 is 0 Å². The van der Waals surface area contributed by atoms with Gasteiger partial charge in [-0.2, -0.15) is 0 Å². The minimum Gasteiger partial charge on any atom is -0.494 e. The summed E-state index contributed by atoms with van der Waals surface area (Å²) in [5.41, 5.74) is 1.31. The fraction of sp³-hybridized carbons (Fsp3) is 0.625. The molecule has 1 aromatic rings. The summed E-state index contributed by atoms with van der Waals surface area (Å²) < 4.78 is 5.69. The van der Waals surface area contributed by atoms with Crippen LogP contribution in [0.5, 0.6) is 5.75 Å². The average molecular weight is 249 g/mol. The van der Waals surface area contributed by atoms with Crippen LogP contribution in [0.1, 0.15) is 39.7 Å². The van der Waals surface area contributed by atoms with Gasteiger partial charge in [0, 0.05) is 6.54 Å². The van der Waals surface area contributed by atoms with Crippen molar-refractivity contribution < 1.29 is 4.74 Å². The Morgan fingerprint density at radius 2 is 1.67 bits per heavy atom. The highest BCUT2D eigenvalue weighted by Crippen LogP contribution is 2.13. The quantitative estimate of drug-likeness (QED) is 0.755. The van der Waals surface area contributed by atoms with Gasteiger partial charge in [-0.15, -0.1) is 0 Å². The zero-order valence-electron chi connectivity index (χ0n) is 12.2. The third kappa shape index (κ3) is 6.65. The topological polar surface area (TPSA) is 21.3 Å². The largest absolute Gasteiger partial charge is 0.494 e. The van der Waals surface area contributed by atoms with E-state index in [1.54, 1.807) is 0 Å². The van der Waals surface area contributed by atoms with Crippen LogP contribution in [-0.2, 0) is 6.54 Å². The molecule has 1 N–H and O–H groups in total. The van der Waals surface area contributed by atoms with Gasteiger partial charge in [-0.05, 0) is 42.5 Å². The lowest BCUT2D eigenvalue weighted by Gasteiger charge is -2.10. The van der Waals surface area contributed by atoms with Crippen molar-refractivity contribution in [3.8, 4) is 5.75 Å². The van der Waals surface area contributed by atoms with Gasteiger partial charge in [0.15, 0.2) is 0 Å². The molecular weight excluding hydrogens is 222 g/mol. The van der Waals surface area contributed by atoms with E-state index < -0.39 is 0 Å². The molecule has 0 bridgehead atoms. The number of ether oxygens (including phenoxy) is 1. The van der Waals surface area contributed by atoms with Crippen LogP contribution in [0.25, 0.3) is 0 Å². The van der Waals surface area contributed by atoms with E-state index in [4.69, 9.17) is 4.74 Å². The fourth-order valence-corrected chi connectivity index (χ4v) is 1.62. The number of rotatable bonds is 8. The van der Waals surface area contributed by atoms with Gasteiger partial charge in [-0.3, -0.25) is 0 Å². The average Bonchev–Trinajstić information content (AvgIpc) is 2.30. The fourth-order valence-electron chi connectivity index (χ4n) is 1.62. The van der Waals surface area contributed by atoms with Crippen LogP contribution in [0, 0.1) is 11.8 Å². The first-order chi connectivity index (χ1) is 8.58. The highest BCUT2D eigenvalue weighted by atomic mass is 16.5. The van der Waals surface area contributed by atoms with Crippen molar-refractivity contribution in [2.24, 2.45) is 11.8 Å². The van der Waals surface area contributed by atoms with Crippen molar-refractivity contribution >= 4 is 0 Å². The van der Waals surface area contributed by atoms with E-state index in [-0.39, 0.29) is 0 Å². The predicted octanol–water partition coefficient (Wildman–Crippen LogP) is 3.86. The second kappa shape index (κ2) is 8.15. The van der Waals surface area contributed by atoms with E-state index in [0.29, 0.717) is 11.8 Å². The molecule has 0 aliphatic heterocycles. The van der Waals surface area contributed by atoms with Gasteiger partial charge in [0.05, 0.1) is 6.61 Å². The molecule has 0 spiro atoms. The summed E-state index contributed by atoms with van der Waals surface area (Å²) >= 11 is 0. The summed E-state index contributed by atoms with van der Waals surface area (Å²) in [7, 11) is 0. The zero-order valence-corrected chi connectivity index (χ0v) is 12.2. The van der Waals surface area contributed by atoms with Gasteiger partial charge in [-0.1, -0.05) is 39.8 Å². The Bertz CT molecular complexity index is 283. The third-order valence-corrected chi connectivity index (χ3v) is 2.77. The lowest BCUT2D eigenvalue weighted by atomic mass is 10.1. The summed E-state index contributed by atoms with van der Waals surface area (Å²) in [5, 5.41) is 3.44. The van der Waals surface area contributed by atoms with Gasteiger partial charge in [0.1, 0.15) is 5.75 Å². The maximum atomic E-state index is 5.69. The summed E-state index contributed by atoms with van der Waals surface area (Å²) in [5.74, 6) is 2.37. The Kier molecular flexibility index (Phi) is 6.81. The van der Waals surface area contributed by atoms with E-state index in [9.17, 15) is 0 Å². The third-order valence-electron chi connectivity index (χ3n) is 2.77. The van der Waals surface area contributed by atoms with Gasteiger partial charge < -0.3 is 10.1 Å². The maximum Gasteiger partial charge on any atom is 0.119 e. The maximum absolute atomic E-state index is 5.69. The molecule has 0 heterocycles. The Balaban J connectivity index is 2.28. The minimum absolute atomic E-state index is 0.698. The SMILES string of the molecule is CC(C)CCOc1ccc(CNCC(C)C)cc1. The Morgan fingerprint density at radius 3 is 2.22 bits per heavy atom. The normalized spacial score (nSPS) is 11.2. The molecule has 0 radical (unpaired) electrons. The Morgan fingerprint density at radius 1 is 1.00 bits per heavy atom. The Hall–Kier alpha value is -1.02. The molecule has 1 aromatic carbocycles. The second-order valence-corrected chi connectivity index (χ2v) is 5.70. The van der Waals surface area contributed by atoms with E-state index in [0.717, 1.165) is 31.9 Å². The van der Waals surface area contributed by atoms with Gasteiger partial charge in [0.2, 0.25) is 0 Å². The molecule has 0 unspecified atom stereocenters. The molecule has 1 rings (SSSR count). The van der Waals surface area contributed by atoms with Crippen molar-refractivity contribution in [2.45, 2.75) is 40.7 Å². The molecule has 0 saturated heterocycles. The van der Waals surface area contributed by atoms with E-state index in [1.807, 2.05) is 0 Å². The van der Waals surface area contributed by atoms with Crippen LogP contribution in [0.15, 0.2) is 24.3 Å². The summed E-state index contributed by atoms with van der Waals surface area (Å²) in [6.45, 7) is 11.7. The molecular formula is C16H27NO. The summed E-state index contributed by atoms with van der Waals surface area (Å²) in [4.78, 5) is 0. The second-order valence-electron chi connectivity index (χ2n) is 5.70. The van der Waals surface area contributed by atoms with Crippen LogP contribution in [0.2, 0.25) is 0 Å². The van der Waals surface area contributed by atoms with Crippen molar-refractivity contribution in [1.82, 2.24) is 5.32 Å². The molecule has 0 aliphatic rings. The van der Waals surface area contributed by atoms with Gasteiger partial charge >= 0.3 is 0 Å². The van der Waals surface area contributed by atoms with Crippen LogP contribution in [0.3, 0.4) is 0 Å². The molecule has 0 saturated carbocycles. The lowest BCUT2D eigenvalue weighted by Crippen LogP contribution is -2.18. The highest BCUT2D eigenvalue weighted by molar-refractivity contribution is 5.27. The number of nitrogens with one attached hydrogen (secondary N) is 1. The van der Waals surface area contributed by atoms with E-state index in [2.05, 4.69) is 57.3 Å². The van der Waals surface area contributed by atoms with E-state index >= 15 is 0 Å². The van der Waals surface area contributed by atoms with Crippen LogP contribution in [-0.4, -0.2) is 13.2 Å². The molecule has 2 nitrogen and oxygen atoms in total. The van der Waals surface area contributed by atoms with Crippen molar-refractivity contribution in [3.63, 3.8) is 0 Å².